The first-order valence-electron chi connectivity index (χ1n) is 8.01. The van der Waals surface area contributed by atoms with Crippen molar-refractivity contribution in [2.24, 2.45) is 0 Å². The van der Waals surface area contributed by atoms with Gasteiger partial charge in [0.25, 0.3) is 0 Å². The van der Waals surface area contributed by atoms with E-state index in [1.165, 1.54) is 12.8 Å². The first kappa shape index (κ1) is 20.4. The van der Waals surface area contributed by atoms with Crippen LogP contribution in [0.4, 0.5) is 19.1 Å². The van der Waals surface area contributed by atoms with Gasteiger partial charge in [0.15, 0.2) is 5.69 Å². The molecule has 1 aromatic heterocycles. The summed E-state index contributed by atoms with van der Waals surface area (Å²) in [5.41, 5.74) is -2.48. The van der Waals surface area contributed by atoms with Gasteiger partial charge in [0, 0.05) is 30.9 Å². The number of halogens is 3. The van der Waals surface area contributed by atoms with Crippen molar-refractivity contribution in [2.45, 2.75) is 37.9 Å². The monoisotopic (exact) mass is 366 g/mol. The molecule has 2 aliphatic rings. The molecule has 3 rings (SSSR count). The van der Waals surface area contributed by atoms with E-state index in [9.17, 15) is 23.1 Å². The summed E-state index contributed by atoms with van der Waals surface area (Å²) in [4.78, 5) is 22.2. The fraction of sp³-hybridized carbons (Fsp3) is 0.667. The maximum Gasteiger partial charge on any atom is 1.00 e. The number of rotatable bonds is 3. The van der Waals surface area contributed by atoms with E-state index in [4.69, 9.17) is 0 Å². The van der Waals surface area contributed by atoms with Gasteiger partial charge in [-0.05, 0) is 38.8 Å². The van der Waals surface area contributed by atoms with Crippen LogP contribution in [0.5, 0.6) is 0 Å². The molecule has 0 atom stereocenters. The smallest absolute Gasteiger partial charge is 0.545 e. The second kappa shape index (κ2) is 8.20. The number of likely N-dealkylation sites (tertiary alicyclic amines) is 1. The first-order valence-corrected chi connectivity index (χ1v) is 8.01. The molecule has 0 spiro atoms. The van der Waals surface area contributed by atoms with E-state index in [-0.39, 0.29) is 35.5 Å². The molecule has 0 aliphatic carbocycles. The zero-order chi connectivity index (χ0) is 17.3. The van der Waals surface area contributed by atoms with Gasteiger partial charge < -0.3 is 19.7 Å². The number of anilines is 1. The minimum Gasteiger partial charge on any atom is -0.545 e. The molecule has 0 saturated carbocycles. The summed E-state index contributed by atoms with van der Waals surface area (Å²) in [6.07, 6.45) is -0.0974. The van der Waals surface area contributed by atoms with Crippen LogP contribution in [0.15, 0.2) is 6.20 Å². The van der Waals surface area contributed by atoms with Crippen molar-refractivity contribution >= 4 is 11.9 Å². The number of nitrogens with zero attached hydrogens (tertiary/aromatic N) is 4. The molecule has 2 fully saturated rings. The SMILES string of the molecule is O=C([O-])c1cnc(N2CCC(N3CCCC3)CC2)nc1C(F)(F)F.[Na+]. The Morgan fingerprint density at radius 2 is 1.76 bits per heavy atom. The van der Waals surface area contributed by atoms with E-state index in [1.807, 2.05) is 0 Å². The predicted octanol–water partition coefficient (Wildman–Crippen LogP) is -2.07. The average molecular weight is 366 g/mol. The first-order chi connectivity index (χ1) is 11.4. The summed E-state index contributed by atoms with van der Waals surface area (Å²) in [6.45, 7) is 3.28. The zero-order valence-electron chi connectivity index (χ0n) is 14.1. The third-order valence-corrected chi connectivity index (χ3v) is 4.67. The number of carboxylic acid groups (broad SMARTS) is 1. The van der Waals surface area contributed by atoms with Crippen LogP contribution in [0.1, 0.15) is 41.7 Å². The number of alkyl halides is 3. The van der Waals surface area contributed by atoms with E-state index in [1.54, 1.807) is 4.90 Å². The van der Waals surface area contributed by atoms with Gasteiger partial charge in [0.2, 0.25) is 5.95 Å². The summed E-state index contributed by atoms with van der Waals surface area (Å²) in [5, 5.41) is 10.8. The summed E-state index contributed by atoms with van der Waals surface area (Å²) in [7, 11) is 0. The van der Waals surface area contributed by atoms with Crippen LogP contribution in [0, 0.1) is 0 Å². The minimum absolute atomic E-state index is 0. The van der Waals surface area contributed by atoms with E-state index >= 15 is 0 Å². The van der Waals surface area contributed by atoms with E-state index < -0.39 is 23.4 Å². The van der Waals surface area contributed by atoms with E-state index in [0.29, 0.717) is 25.3 Å². The van der Waals surface area contributed by atoms with Crippen LogP contribution in [0.25, 0.3) is 0 Å². The molecule has 0 bridgehead atoms. The van der Waals surface area contributed by atoms with Crippen LogP contribution in [-0.2, 0) is 6.18 Å². The molecule has 3 heterocycles. The van der Waals surface area contributed by atoms with Crippen molar-refractivity contribution in [1.82, 2.24) is 14.9 Å². The van der Waals surface area contributed by atoms with Gasteiger partial charge in [-0.1, -0.05) is 0 Å². The van der Waals surface area contributed by atoms with E-state index in [0.717, 1.165) is 25.9 Å². The van der Waals surface area contributed by atoms with Crippen LogP contribution in [0.3, 0.4) is 0 Å². The predicted molar refractivity (Wildman–Crippen MR) is 77.4 cm³/mol. The maximum atomic E-state index is 13.0. The third-order valence-electron chi connectivity index (χ3n) is 4.67. The Hall–Kier alpha value is -0.900. The minimum atomic E-state index is -4.86. The molecule has 0 N–H and O–H groups in total. The summed E-state index contributed by atoms with van der Waals surface area (Å²) in [5.74, 6) is -2.01. The van der Waals surface area contributed by atoms with Crippen LogP contribution in [0.2, 0.25) is 0 Å². The molecule has 2 aliphatic heterocycles. The number of carboxylic acids is 1. The Bertz CT molecular complexity index is 615. The quantitative estimate of drug-likeness (QED) is 0.573. The van der Waals surface area contributed by atoms with Gasteiger partial charge in [0.1, 0.15) is 0 Å². The molecule has 10 heteroatoms. The molecule has 0 amide bonds. The molecule has 132 valence electrons. The second-order valence-corrected chi connectivity index (χ2v) is 6.18. The van der Waals surface area contributed by atoms with Crippen molar-refractivity contribution in [2.75, 3.05) is 31.1 Å². The molecule has 0 aromatic carbocycles. The number of aromatic nitrogens is 2. The molecule has 25 heavy (non-hydrogen) atoms. The Kier molecular flexibility index (Phi) is 6.69. The standard InChI is InChI=1S/C15H19F3N4O2.Na/c16-15(17,18)12-11(13(23)24)9-19-14(20-12)22-7-3-10(4-8-22)21-5-1-2-6-21;/h9-10H,1-8H2,(H,23,24);/q;+1/p-1. The number of carbonyl (C=O) groups excluding carboxylic acids is 1. The maximum absolute atomic E-state index is 13.0. The average Bonchev–Trinajstić information content (AvgIpc) is 3.08. The fourth-order valence-corrected chi connectivity index (χ4v) is 3.43. The Morgan fingerprint density at radius 1 is 1.16 bits per heavy atom. The molecule has 1 aromatic rings. The number of carbonyl (C=O) groups is 1. The summed E-state index contributed by atoms with van der Waals surface area (Å²) >= 11 is 0. The number of piperidine rings is 1. The van der Waals surface area contributed by atoms with Crippen molar-refractivity contribution in [1.29, 1.82) is 0 Å². The molecule has 0 unspecified atom stereocenters. The van der Waals surface area contributed by atoms with Gasteiger partial charge in [-0.3, -0.25) is 0 Å². The third kappa shape index (κ3) is 4.64. The second-order valence-electron chi connectivity index (χ2n) is 6.18. The molecular formula is C15H18F3N4NaO2. The largest absolute Gasteiger partial charge is 1.00 e. The Morgan fingerprint density at radius 3 is 2.28 bits per heavy atom. The van der Waals surface area contributed by atoms with Crippen LogP contribution < -0.4 is 39.6 Å². The fourth-order valence-electron chi connectivity index (χ4n) is 3.43. The van der Waals surface area contributed by atoms with Gasteiger partial charge >= 0.3 is 35.7 Å². The summed E-state index contributed by atoms with van der Waals surface area (Å²) < 4.78 is 39.0. The van der Waals surface area contributed by atoms with Gasteiger partial charge in [-0.25, -0.2) is 9.97 Å². The molecule has 0 radical (unpaired) electrons. The zero-order valence-corrected chi connectivity index (χ0v) is 16.1. The van der Waals surface area contributed by atoms with Gasteiger partial charge in [0.05, 0.1) is 5.97 Å². The normalized spacial score (nSPS) is 19.7. The van der Waals surface area contributed by atoms with E-state index in [2.05, 4.69) is 14.9 Å². The van der Waals surface area contributed by atoms with Gasteiger partial charge in [-0.2, -0.15) is 13.2 Å². The van der Waals surface area contributed by atoms with Crippen molar-refractivity contribution in [3.63, 3.8) is 0 Å². The van der Waals surface area contributed by atoms with Crippen LogP contribution >= 0.6 is 0 Å². The number of hydrogen-bond donors (Lipinski definition) is 0. The Labute approximate surface area is 165 Å². The number of hydrogen-bond acceptors (Lipinski definition) is 6. The number of aromatic carboxylic acids is 1. The van der Waals surface area contributed by atoms with Crippen LogP contribution in [-0.4, -0.2) is 53.1 Å². The Balaban J connectivity index is 0.00000225. The molecule has 6 nitrogen and oxygen atoms in total. The van der Waals surface area contributed by atoms with Crippen molar-refractivity contribution < 1.29 is 52.6 Å². The van der Waals surface area contributed by atoms with Gasteiger partial charge in [-0.15, -0.1) is 0 Å². The molecule has 2 saturated heterocycles. The van der Waals surface area contributed by atoms with Crippen molar-refractivity contribution in [3.8, 4) is 0 Å². The summed E-state index contributed by atoms with van der Waals surface area (Å²) in [6, 6.07) is 0.452. The topological polar surface area (TPSA) is 72.4 Å². The molecular weight excluding hydrogens is 348 g/mol. The van der Waals surface area contributed by atoms with Crippen molar-refractivity contribution in [3.05, 3.63) is 17.5 Å².